The molecule has 0 bridgehead atoms. The van der Waals surface area contributed by atoms with Gasteiger partial charge in [-0.15, -0.1) is 0 Å². The molecule has 1 aromatic carbocycles. The summed E-state index contributed by atoms with van der Waals surface area (Å²) in [5.41, 5.74) is 5.03. The van der Waals surface area contributed by atoms with Gasteiger partial charge in [-0.25, -0.2) is 14.4 Å². The van der Waals surface area contributed by atoms with Gasteiger partial charge in [0, 0.05) is 6.42 Å². The van der Waals surface area contributed by atoms with Crippen molar-refractivity contribution >= 4 is 18.0 Å². The molecule has 0 saturated carbocycles. The first-order chi connectivity index (χ1) is 14.8. The van der Waals surface area contributed by atoms with Gasteiger partial charge in [-0.05, 0) is 72.9 Å². The van der Waals surface area contributed by atoms with E-state index in [9.17, 15) is 14.4 Å². The molecule has 8 heteroatoms. The summed E-state index contributed by atoms with van der Waals surface area (Å²) in [5.74, 6) is -1.07. The monoisotopic (exact) mass is 449 g/mol. The second kappa shape index (κ2) is 12.4. The molecule has 4 N–H and O–H groups in total. The summed E-state index contributed by atoms with van der Waals surface area (Å²) in [7, 11) is 0. The fraction of sp³-hybridized carbons (Fsp3) is 0.625. The van der Waals surface area contributed by atoms with Gasteiger partial charge in [0.2, 0.25) is 0 Å². The standard InChI is InChI=1S/C24H39N3O5/c1-23(2,3)31-20(28)18(14-10-11-15-25)26-22(30)27-19(21(29)32-24(4,5)6)16-17-12-8-7-9-13-17/h7-9,12-13,18-19H,10-11,14-16,25H2,1-6H3,(H2,26,27,30)/t18-,19-/m0/s1. The predicted octanol–water partition coefficient (Wildman–Crippen LogP) is 3.08. The van der Waals surface area contributed by atoms with Crippen molar-refractivity contribution in [3.8, 4) is 0 Å². The number of carbonyl (C=O) groups is 3. The summed E-state index contributed by atoms with van der Waals surface area (Å²) in [6.45, 7) is 11.1. The average Bonchev–Trinajstić information content (AvgIpc) is 2.65. The minimum Gasteiger partial charge on any atom is -0.458 e. The number of urea groups is 1. The largest absolute Gasteiger partial charge is 0.458 e. The maximum Gasteiger partial charge on any atom is 0.329 e. The van der Waals surface area contributed by atoms with Crippen LogP contribution in [-0.2, 0) is 25.5 Å². The average molecular weight is 450 g/mol. The molecule has 1 rings (SSSR count). The van der Waals surface area contributed by atoms with Gasteiger partial charge >= 0.3 is 18.0 Å². The van der Waals surface area contributed by atoms with Gasteiger partial charge in [0.05, 0.1) is 0 Å². The summed E-state index contributed by atoms with van der Waals surface area (Å²) in [4.78, 5) is 38.1. The highest BCUT2D eigenvalue weighted by Gasteiger charge is 2.30. The number of nitrogens with two attached hydrogens (primary N) is 1. The van der Waals surface area contributed by atoms with Crippen molar-refractivity contribution in [3.63, 3.8) is 0 Å². The number of ether oxygens (including phenoxy) is 2. The molecule has 180 valence electrons. The zero-order valence-corrected chi connectivity index (χ0v) is 20.2. The molecule has 0 aliphatic carbocycles. The van der Waals surface area contributed by atoms with Crippen molar-refractivity contribution in [1.29, 1.82) is 0 Å². The quantitative estimate of drug-likeness (QED) is 0.373. The van der Waals surface area contributed by atoms with Gasteiger partial charge in [-0.1, -0.05) is 30.3 Å². The number of nitrogens with one attached hydrogen (secondary N) is 2. The van der Waals surface area contributed by atoms with Gasteiger partial charge in [-0.2, -0.15) is 0 Å². The van der Waals surface area contributed by atoms with E-state index in [1.165, 1.54) is 0 Å². The van der Waals surface area contributed by atoms with E-state index in [-0.39, 0.29) is 6.42 Å². The highest BCUT2D eigenvalue weighted by Crippen LogP contribution is 2.13. The lowest BCUT2D eigenvalue weighted by Crippen LogP contribution is -2.53. The predicted molar refractivity (Wildman–Crippen MR) is 124 cm³/mol. The van der Waals surface area contributed by atoms with Crippen LogP contribution in [0.15, 0.2) is 30.3 Å². The molecule has 32 heavy (non-hydrogen) atoms. The van der Waals surface area contributed by atoms with Crippen LogP contribution in [0.4, 0.5) is 4.79 Å². The maximum absolute atomic E-state index is 12.8. The molecule has 0 aliphatic rings. The second-order valence-corrected chi connectivity index (χ2v) is 9.76. The fourth-order valence-corrected chi connectivity index (χ4v) is 2.89. The molecular weight excluding hydrogens is 410 g/mol. The number of esters is 2. The first kappa shape index (κ1) is 27.4. The van der Waals surface area contributed by atoms with Crippen molar-refractivity contribution in [2.24, 2.45) is 5.73 Å². The topological polar surface area (TPSA) is 120 Å². The number of amides is 2. The summed E-state index contributed by atoms with van der Waals surface area (Å²) in [5, 5.41) is 5.33. The Hall–Kier alpha value is -2.61. The van der Waals surface area contributed by atoms with Gasteiger partial charge < -0.3 is 25.8 Å². The number of unbranched alkanes of at least 4 members (excludes halogenated alkanes) is 1. The normalized spacial score (nSPS) is 13.6. The molecule has 2 atom stereocenters. The van der Waals surface area contributed by atoms with Crippen LogP contribution in [-0.4, -0.2) is 47.8 Å². The Bertz CT molecular complexity index is 738. The molecule has 0 aliphatic heterocycles. The van der Waals surface area contributed by atoms with E-state index >= 15 is 0 Å². The third kappa shape index (κ3) is 11.7. The maximum atomic E-state index is 12.8. The van der Waals surface area contributed by atoms with Crippen LogP contribution in [0.25, 0.3) is 0 Å². The Morgan fingerprint density at radius 3 is 1.84 bits per heavy atom. The van der Waals surface area contributed by atoms with Crippen LogP contribution in [0.2, 0.25) is 0 Å². The SMILES string of the molecule is CC(C)(C)OC(=O)[C@H](CCCCN)NC(=O)N[C@@H](Cc1ccccc1)C(=O)OC(C)(C)C. The molecule has 1 aromatic rings. The minimum absolute atomic E-state index is 0.257. The Balaban J connectivity index is 2.93. The zero-order chi connectivity index (χ0) is 24.4. The lowest BCUT2D eigenvalue weighted by Gasteiger charge is -2.27. The van der Waals surface area contributed by atoms with Crippen LogP contribution < -0.4 is 16.4 Å². The van der Waals surface area contributed by atoms with Gasteiger partial charge in [-0.3, -0.25) is 0 Å². The van der Waals surface area contributed by atoms with Crippen LogP contribution in [0, 0.1) is 0 Å². The van der Waals surface area contributed by atoms with E-state index < -0.39 is 41.3 Å². The van der Waals surface area contributed by atoms with Crippen LogP contribution in [0.3, 0.4) is 0 Å². The van der Waals surface area contributed by atoms with Crippen molar-refractivity contribution in [2.45, 2.75) is 90.5 Å². The summed E-state index contributed by atoms with van der Waals surface area (Å²) in [6, 6.07) is 6.92. The Morgan fingerprint density at radius 2 is 1.34 bits per heavy atom. The Morgan fingerprint density at radius 1 is 0.844 bits per heavy atom. The molecule has 8 nitrogen and oxygen atoms in total. The van der Waals surface area contributed by atoms with Gasteiger partial charge in [0.25, 0.3) is 0 Å². The summed E-state index contributed by atoms with van der Waals surface area (Å²) >= 11 is 0. The lowest BCUT2D eigenvalue weighted by molar-refractivity contribution is -0.157. The van der Waals surface area contributed by atoms with E-state index in [1.54, 1.807) is 41.5 Å². The molecule has 2 amide bonds. The summed E-state index contributed by atoms with van der Waals surface area (Å²) < 4.78 is 10.9. The molecular formula is C24H39N3O5. The van der Waals surface area contributed by atoms with E-state index in [4.69, 9.17) is 15.2 Å². The smallest absolute Gasteiger partial charge is 0.329 e. The molecule has 0 aromatic heterocycles. The molecule has 0 spiro atoms. The molecule has 0 fully saturated rings. The Kier molecular flexibility index (Phi) is 10.7. The van der Waals surface area contributed by atoms with E-state index in [1.807, 2.05) is 30.3 Å². The van der Waals surface area contributed by atoms with Crippen molar-refractivity contribution < 1.29 is 23.9 Å². The van der Waals surface area contributed by atoms with Crippen molar-refractivity contribution in [1.82, 2.24) is 10.6 Å². The van der Waals surface area contributed by atoms with Crippen LogP contribution in [0.5, 0.6) is 0 Å². The molecule has 0 radical (unpaired) electrons. The Labute approximate surface area is 191 Å². The number of rotatable bonds is 10. The third-order valence-electron chi connectivity index (χ3n) is 4.22. The minimum atomic E-state index is -0.917. The highest BCUT2D eigenvalue weighted by atomic mass is 16.6. The van der Waals surface area contributed by atoms with E-state index in [2.05, 4.69) is 10.6 Å². The van der Waals surface area contributed by atoms with Crippen LogP contribution in [0.1, 0.15) is 66.4 Å². The van der Waals surface area contributed by atoms with Crippen LogP contribution >= 0.6 is 0 Å². The van der Waals surface area contributed by atoms with Crippen molar-refractivity contribution in [3.05, 3.63) is 35.9 Å². The lowest BCUT2D eigenvalue weighted by atomic mass is 10.1. The summed E-state index contributed by atoms with van der Waals surface area (Å²) in [6.07, 6.45) is 2.01. The molecule has 0 unspecified atom stereocenters. The number of hydrogen-bond acceptors (Lipinski definition) is 6. The van der Waals surface area contributed by atoms with E-state index in [0.29, 0.717) is 19.4 Å². The second-order valence-electron chi connectivity index (χ2n) is 9.76. The van der Waals surface area contributed by atoms with Crippen molar-refractivity contribution in [2.75, 3.05) is 6.54 Å². The van der Waals surface area contributed by atoms with Gasteiger partial charge in [0.15, 0.2) is 0 Å². The number of benzene rings is 1. The molecule has 0 heterocycles. The highest BCUT2D eigenvalue weighted by molar-refractivity contribution is 5.87. The molecule has 0 saturated heterocycles. The fourth-order valence-electron chi connectivity index (χ4n) is 2.89. The third-order valence-corrected chi connectivity index (χ3v) is 4.22. The zero-order valence-electron chi connectivity index (χ0n) is 20.2. The first-order valence-electron chi connectivity index (χ1n) is 11.1. The number of hydrogen-bond donors (Lipinski definition) is 3. The van der Waals surface area contributed by atoms with E-state index in [0.717, 1.165) is 12.0 Å². The first-order valence-corrected chi connectivity index (χ1v) is 11.1. The van der Waals surface area contributed by atoms with Gasteiger partial charge in [0.1, 0.15) is 23.3 Å². The number of carbonyl (C=O) groups excluding carboxylic acids is 3.